The molecule has 2 unspecified atom stereocenters. The van der Waals surface area contributed by atoms with Gasteiger partial charge in [0, 0.05) is 28.7 Å². The maximum atomic E-state index is 6.52. The van der Waals surface area contributed by atoms with E-state index in [1.807, 2.05) is 0 Å². The van der Waals surface area contributed by atoms with Crippen molar-refractivity contribution < 1.29 is 0 Å². The molecule has 0 N–H and O–H groups in total. The zero-order chi connectivity index (χ0) is 14.3. The van der Waals surface area contributed by atoms with Crippen molar-refractivity contribution >= 4 is 39.9 Å². The summed E-state index contributed by atoms with van der Waals surface area (Å²) >= 11 is 8.84. The summed E-state index contributed by atoms with van der Waals surface area (Å²) in [7, 11) is 0. The fourth-order valence-corrected chi connectivity index (χ4v) is 4.57. The molecule has 0 radical (unpaired) electrons. The Morgan fingerprint density at radius 2 is 2.10 bits per heavy atom. The van der Waals surface area contributed by atoms with Crippen molar-refractivity contribution in [1.82, 2.24) is 4.90 Å². The van der Waals surface area contributed by atoms with Crippen LogP contribution in [0.1, 0.15) is 26.7 Å². The molecule has 0 spiro atoms. The number of hydrogen-bond acceptors (Lipinski definition) is 2. The van der Waals surface area contributed by atoms with E-state index in [-0.39, 0.29) is 0 Å². The summed E-state index contributed by atoms with van der Waals surface area (Å²) < 4.78 is 1.21. The molecule has 0 aliphatic carbocycles. The van der Waals surface area contributed by atoms with E-state index in [4.69, 9.17) is 11.6 Å². The van der Waals surface area contributed by atoms with E-state index in [9.17, 15) is 0 Å². The van der Waals surface area contributed by atoms with Crippen molar-refractivity contribution in [2.75, 3.05) is 24.5 Å². The molecule has 2 atom stereocenters. The lowest BCUT2D eigenvalue weighted by molar-refractivity contribution is 0.176. The van der Waals surface area contributed by atoms with Crippen molar-refractivity contribution in [2.45, 2.75) is 38.8 Å². The minimum absolute atomic E-state index is 0.571. The highest BCUT2D eigenvalue weighted by molar-refractivity contribution is 14.1. The predicted octanol–water partition coefficient (Wildman–Crippen LogP) is 4.25. The van der Waals surface area contributed by atoms with Crippen LogP contribution in [-0.2, 0) is 0 Å². The van der Waals surface area contributed by atoms with Crippen LogP contribution < -0.4 is 4.90 Å². The quantitative estimate of drug-likeness (QED) is 0.680. The van der Waals surface area contributed by atoms with Crippen LogP contribution in [0, 0.1) is 9.49 Å². The second-order valence-corrected chi connectivity index (χ2v) is 8.00. The Bertz CT molecular complexity index is 491. The van der Waals surface area contributed by atoms with E-state index in [2.05, 4.69) is 64.4 Å². The van der Waals surface area contributed by atoms with Crippen LogP contribution in [0.5, 0.6) is 0 Å². The molecule has 4 heteroatoms. The summed E-state index contributed by atoms with van der Waals surface area (Å²) in [6, 6.07) is 7.74. The Labute approximate surface area is 140 Å². The summed E-state index contributed by atoms with van der Waals surface area (Å²) in [6.07, 6.45) is 2.69. The van der Waals surface area contributed by atoms with Gasteiger partial charge in [0.15, 0.2) is 0 Å². The van der Waals surface area contributed by atoms with Crippen molar-refractivity contribution in [3.8, 4) is 0 Å². The molecule has 2 heterocycles. The zero-order valence-electron chi connectivity index (χ0n) is 12.1. The minimum atomic E-state index is 0.571. The molecule has 2 fully saturated rings. The summed E-state index contributed by atoms with van der Waals surface area (Å²) in [4.78, 5) is 5.25. The molecule has 20 heavy (non-hydrogen) atoms. The third-order valence-corrected chi connectivity index (χ3v) is 5.69. The number of fused-ring (bicyclic) bond motifs is 1. The van der Waals surface area contributed by atoms with Gasteiger partial charge in [-0.05, 0) is 66.1 Å². The van der Waals surface area contributed by atoms with Gasteiger partial charge < -0.3 is 4.90 Å². The number of hydrogen-bond donors (Lipinski definition) is 0. The van der Waals surface area contributed by atoms with Gasteiger partial charge in [-0.15, -0.1) is 0 Å². The Kier molecular flexibility index (Phi) is 4.48. The van der Waals surface area contributed by atoms with Crippen molar-refractivity contribution in [3.63, 3.8) is 0 Å². The highest BCUT2D eigenvalue weighted by Gasteiger charge is 2.38. The van der Waals surface area contributed by atoms with Gasteiger partial charge in [0.1, 0.15) is 0 Å². The number of anilines is 1. The molecule has 0 amide bonds. The molecular formula is C16H22ClIN2. The largest absolute Gasteiger partial charge is 0.364 e. The average molecular weight is 405 g/mol. The normalized spacial score (nSPS) is 27.1. The molecular weight excluding hydrogens is 383 g/mol. The van der Waals surface area contributed by atoms with Gasteiger partial charge in [-0.25, -0.2) is 0 Å². The van der Waals surface area contributed by atoms with Gasteiger partial charge in [0.05, 0.1) is 10.7 Å². The molecule has 0 aromatic heterocycles. The third-order valence-electron chi connectivity index (χ3n) is 4.72. The zero-order valence-corrected chi connectivity index (χ0v) is 15.1. The van der Waals surface area contributed by atoms with Crippen LogP contribution in [-0.4, -0.2) is 36.6 Å². The van der Waals surface area contributed by atoms with Gasteiger partial charge in [0.25, 0.3) is 0 Å². The Balaban J connectivity index is 1.91. The van der Waals surface area contributed by atoms with Crippen molar-refractivity contribution in [2.24, 2.45) is 5.92 Å². The Morgan fingerprint density at radius 3 is 2.80 bits per heavy atom. The number of rotatable bonds is 2. The standard InChI is InChI=1S/C16H22ClIN2/c1-11(2)16-10-19-7-3-4-13(19)9-20(16)15-6-5-12(18)8-14(15)17/h5-6,8,11,13,16H,3-4,7,9-10H2,1-2H3. The minimum Gasteiger partial charge on any atom is -0.364 e. The average Bonchev–Trinajstić information content (AvgIpc) is 2.84. The van der Waals surface area contributed by atoms with Crippen molar-refractivity contribution in [3.05, 3.63) is 26.8 Å². The molecule has 1 aromatic carbocycles. The van der Waals surface area contributed by atoms with E-state index in [0.29, 0.717) is 12.0 Å². The molecule has 0 saturated carbocycles. The number of benzene rings is 1. The van der Waals surface area contributed by atoms with Crippen LogP contribution in [0.3, 0.4) is 0 Å². The number of piperazine rings is 1. The highest BCUT2D eigenvalue weighted by Crippen LogP contribution is 2.35. The topological polar surface area (TPSA) is 6.48 Å². The Hall–Kier alpha value is -0.0000000000000000555. The van der Waals surface area contributed by atoms with E-state index < -0.39 is 0 Å². The monoisotopic (exact) mass is 404 g/mol. The summed E-state index contributed by atoms with van der Waals surface area (Å²) in [6.45, 7) is 8.25. The summed E-state index contributed by atoms with van der Waals surface area (Å²) in [5, 5.41) is 0.897. The molecule has 3 rings (SSSR count). The molecule has 2 saturated heterocycles. The van der Waals surface area contributed by atoms with Crippen molar-refractivity contribution in [1.29, 1.82) is 0 Å². The van der Waals surface area contributed by atoms with Crippen LogP contribution in [0.25, 0.3) is 0 Å². The van der Waals surface area contributed by atoms with Gasteiger partial charge in [-0.2, -0.15) is 0 Å². The lowest BCUT2D eigenvalue weighted by atomic mass is 9.96. The van der Waals surface area contributed by atoms with Gasteiger partial charge >= 0.3 is 0 Å². The molecule has 0 bridgehead atoms. The lowest BCUT2D eigenvalue weighted by Crippen LogP contribution is -2.58. The van der Waals surface area contributed by atoms with Crippen LogP contribution in [0.4, 0.5) is 5.69 Å². The molecule has 2 aliphatic rings. The highest BCUT2D eigenvalue weighted by atomic mass is 127. The number of nitrogens with zero attached hydrogens (tertiary/aromatic N) is 2. The van der Waals surface area contributed by atoms with Crippen LogP contribution in [0.2, 0.25) is 5.02 Å². The van der Waals surface area contributed by atoms with Crippen LogP contribution >= 0.6 is 34.2 Å². The van der Waals surface area contributed by atoms with Gasteiger partial charge in [-0.1, -0.05) is 25.4 Å². The first-order chi connectivity index (χ1) is 9.56. The molecule has 110 valence electrons. The van der Waals surface area contributed by atoms with Crippen LogP contribution in [0.15, 0.2) is 18.2 Å². The van der Waals surface area contributed by atoms with Gasteiger partial charge in [-0.3, -0.25) is 4.90 Å². The molecule has 2 aliphatic heterocycles. The van der Waals surface area contributed by atoms with E-state index in [1.54, 1.807) is 0 Å². The van der Waals surface area contributed by atoms with Gasteiger partial charge in [0.2, 0.25) is 0 Å². The fraction of sp³-hybridized carbons (Fsp3) is 0.625. The smallest absolute Gasteiger partial charge is 0.0650 e. The third kappa shape index (κ3) is 2.81. The van der Waals surface area contributed by atoms with E-state index in [1.165, 1.54) is 35.2 Å². The maximum Gasteiger partial charge on any atom is 0.0650 e. The second-order valence-electron chi connectivity index (χ2n) is 6.35. The fourth-order valence-electron chi connectivity index (χ4n) is 3.61. The maximum absolute atomic E-state index is 6.52. The second kappa shape index (κ2) is 6.01. The molecule has 1 aromatic rings. The summed E-state index contributed by atoms with van der Waals surface area (Å²) in [5.74, 6) is 0.645. The SMILES string of the molecule is CC(C)C1CN2CCCC2CN1c1ccc(I)cc1Cl. The first-order valence-electron chi connectivity index (χ1n) is 7.52. The molecule has 2 nitrogen and oxygen atoms in total. The lowest BCUT2D eigenvalue weighted by Gasteiger charge is -2.47. The Morgan fingerprint density at radius 1 is 1.30 bits per heavy atom. The van der Waals surface area contributed by atoms with E-state index in [0.717, 1.165) is 17.6 Å². The van der Waals surface area contributed by atoms with E-state index >= 15 is 0 Å². The number of halogens is 2. The predicted molar refractivity (Wildman–Crippen MR) is 94.7 cm³/mol. The first kappa shape index (κ1) is 14.9. The summed E-state index contributed by atoms with van der Waals surface area (Å²) in [5.41, 5.74) is 1.22. The first-order valence-corrected chi connectivity index (χ1v) is 8.97.